The largest absolute Gasteiger partial charge is 0.481 e. The molecule has 288 valence electrons. The summed E-state index contributed by atoms with van der Waals surface area (Å²) >= 11 is 0. The molecule has 9 heteroatoms. The lowest BCUT2D eigenvalue weighted by molar-refractivity contribution is -0.138. The van der Waals surface area contributed by atoms with Gasteiger partial charge in [-0.25, -0.2) is 0 Å². The number of unbranched alkanes of at least 4 members (excludes halogenated alkanes) is 24. The van der Waals surface area contributed by atoms with E-state index in [9.17, 15) is 19.2 Å². The van der Waals surface area contributed by atoms with E-state index >= 15 is 0 Å². The van der Waals surface area contributed by atoms with Crippen LogP contribution in [0.3, 0.4) is 0 Å². The van der Waals surface area contributed by atoms with Gasteiger partial charge in [0.25, 0.3) is 0 Å². The van der Waals surface area contributed by atoms with E-state index in [0.717, 1.165) is 77.0 Å². The average Bonchev–Trinajstić information content (AvgIpc) is 3.04. The molecule has 0 fully saturated rings. The molecule has 0 aromatic heterocycles. The van der Waals surface area contributed by atoms with Gasteiger partial charge in [-0.1, -0.05) is 178 Å². The van der Waals surface area contributed by atoms with Gasteiger partial charge in [-0.3, -0.25) is 19.2 Å². The van der Waals surface area contributed by atoms with Gasteiger partial charge in [-0.2, -0.15) is 0 Å². The second-order valence-electron chi connectivity index (χ2n) is 15.0. The molecule has 8 nitrogen and oxygen atoms in total. The van der Waals surface area contributed by atoms with Crippen LogP contribution in [0.2, 0.25) is 24.2 Å². The van der Waals surface area contributed by atoms with Crippen LogP contribution >= 0.6 is 0 Å². The summed E-state index contributed by atoms with van der Waals surface area (Å²) in [7, 11) is -1.43. The second kappa shape index (κ2) is 34.5. The maximum absolute atomic E-state index is 10.8. The molecule has 0 aliphatic rings. The highest BCUT2D eigenvalue weighted by molar-refractivity contribution is 6.79. The quantitative estimate of drug-likeness (QED) is 0.0362. The predicted molar refractivity (Wildman–Crippen MR) is 203 cm³/mol. The van der Waals surface area contributed by atoms with Crippen LogP contribution in [0.1, 0.15) is 205 Å². The summed E-state index contributed by atoms with van der Waals surface area (Å²) in [4.78, 5) is 43.1. The molecule has 0 saturated carbocycles. The molecule has 0 saturated heterocycles. The zero-order chi connectivity index (χ0) is 36.3. The van der Waals surface area contributed by atoms with Gasteiger partial charge in [0.1, 0.15) is 0 Å². The summed E-state index contributed by atoms with van der Waals surface area (Å²) in [6, 6.07) is 5.74. The van der Waals surface area contributed by atoms with Crippen molar-refractivity contribution in [1.29, 1.82) is 0 Å². The van der Waals surface area contributed by atoms with Crippen molar-refractivity contribution in [3.63, 3.8) is 0 Å². The monoisotopic (exact) mass is 713 g/mol. The minimum absolute atomic E-state index is 0.286. The molecular weight excluding hydrogens is 637 g/mol. The van der Waals surface area contributed by atoms with Crippen LogP contribution < -0.4 is 0 Å². The maximum Gasteiger partial charge on any atom is 0.303 e. The van der Waals surface area contributed by atoms with Crippen LogP contribution in [0.15, 0.2) is 0 Å². The standard InChI is InChI=1S/C40H76O8Si/c41-37(42)29-21-13-5-1-9-17-25-33-49(34-26-18-10-2-6-14-22-30-38(43)44,35-27-19-11-3-7-15-23-31-39(45)46)36-28-20-12-4-8-16-24-32-40(47)48/h1-36H2,(H,41,42)(H,43,44)(H,45,46)(H,47,48). The Hall–Kier alpha value is -1.90. The van der Waals surface area contributed by atoms with Crippen LogP contribution in [0.4, 0.5) is 0 Å². The van der Waals surface area contributed by atoms with Crippen molar-refractivity contribution in [2.75, 3.05) is 0 Å². The van der Waals surface area contributed by atoms with E-state index < -0.39 is 32.0 Å². The number of hydrogen-bond acceptors (Lipinski definition) is 4. The fraction of sp³-hybridized carbons (Fsp3) is 0.900. The lowest BCUT2D eigenvalue weighted by Gasteiger charge is -2.33. The summed E-state index contributed by atoms with van der Waals surface area (Å²) in [6.07, 6.45) is 33.2. The summed E-state index contributed by atoms with van der Waals surface area (Å²) in [5, 5.41) is 35.5. The topological polar surface area (TPSA) is 149 Å². The van der Waals surface area contributed by atoms with Crippen molar-refractivity contribution in [1.82, 2.24) is 0 Å². The average molecular weight is 713 g/mol. The molecule has 0 radical (unpaired) electrons. The molecule has 0 bridgehead atoms. The Morgan fingerprint density at radius 1 is 0.245 bits per heavy atom. The van der Waals surface area contributed by atoms with Crippen LogP contribution in [0.25, 0.3) is 0 Å². The number of aliphatic carboxylic acids is 4. The van der Waals surface area contributed by atoms with Gasteiger partial charge in [-0.15, -0.1) is 0 Å². The normalized spacial score (nSPS) is 11.6. The molecule has 49 heavy (non-hydrogen) atoms. The van der Waals surface area contributed by atoms with Gasteiger partial charge in [0.15, 0.2) is 0 Å². The Labute approximate surface area is 300 Å². The zero-order valence-electron chi connectivity index (χ0n) is 31.4. The van der Waals surface area contributed by atoms with E-state index in [1.165, 1.54) is 127 Å². The predicted octanol–water partition coefficient (Wildman–Crippen LogP) is 12.3. The molecule has 0 unspecified atom stereocenters. The number of carboxylic acids is 4. The van der Waals surface area contributed by atoms with Crippen molar-refractivity contribution in [2.45, 2.75) is 230 Å². The van der Waals surface area contributed by atoms with Gasteiger partial charge in [0, 0.05) is 25.7 Å². The number of carboxylic acid groups (broad SMARTS) is 4. The molecular formula is C40H76O8Si. The molecule has 0 amide bonds. The van der Waals surface area contributed by atoms with E-state index in [-0.39, 0.29) is 25.7 Å². The Morgan fingerprint density at radius 3 is 0.551 bits per heavy atom. The number of carbonyl (C=O) groups is 4. The lowest BCUT2D eigenvalue weighted by atomic mass is 10.1. The number of rotatable bonds is 40. The summed E-state index contributed by atoms with van der Waals surface area (Å²) in [5.41, 5.74) is 0. The third-order valence-electron chi connectivity index (χ3n) is 10.4. The molecule has 0 rings (SSSR count). The minimum atomic E-state index is -1.43. The van der Waals surface area contributed by atoms with E-state index in [4.69, 9.17) is 20.4 Å². The molecule has 0 aromatic carbocycles. The van der Waals surface area contributed by atoms with E-state index in [1.807, 2.05) is 0 Å². The van der Waals surface area contributed by atoms with E-state index in [0.29, 0.717) is 0 Å². The molecule has 0 atom stereocenters. The lowest BCUT2D eigenvalue weighted by Crippen LogP contribution is -2.34. The van der Waals surface area contributed by atoms with Crippen molar-refractivity contribution in [3.8, 4) is 0 Å². The number of hydrogen-bond donors (Lipinski definition) is 4. The van der Waals surface area contributed by atoms with E-state index in [1.54, 1.807) is 0 Å². The molecule has 0 aromatic rings. The highest BCUT2D eigenvalue weighted by atomic mass is 28.3. The summed E-state index contributed by atoms with van der Waals surface area (Å²) in [6.45, 7) is 0. The first-order valence-corrected chi connectivity index (χ1v) is 23.4. The molecule has 0 aliphatic heterocycles. The Morgan fingerprint density at radius 2 is 0.388 bits per heavy atom. The second-order valence-corrected chi connectivity index (χ2v) is 20.0. The molecule has 0 aliphatic carbocycles. The Kier molecular flexibility index (Phi) is 33.2. The fourth-order valence-corrected chi connectivity index (χ4v) is 12.9. The van der Waals surface area contributed by atoms with Crippen molar-refractivity contribution in [2.24, 2.45) is 0 Å². The van der Waals surface area contributed by atoms with Crippen molar-refractivity contribution < 1.29 is 39.6 Å². The van der Waals surface area contributed by atoms with Gasteiger partial charge in [0.2, 0.25) is 0 Å². The summed E-state index contributed by atoms with van der Waals surface area (Å²) in [5.74, 6) is -2.76. The van der Waals surface area contributed by atoms with Gasteiger partial charge >= 0.3 is 23.9 Å². The van der Waals surface area contributed by atoms with E-state index in [2.05, 4.69) is 0 Å². The van der Waals surface area contributed by atoms with Crippen LogP contribution in [-0.2, 0) is 19.2 Å². The first kappa shape index (κ1) is 47.1. The minimum Gasteiger partial charge on any atom is -0.481 e. The van der Waals surface area contributed by atoms with Crippen LogP contribution in [0.5, 0.6) is 0 Å². The zero-order valence-corrected chi connectivity index (χ0v) is 32.4. The molecule has 0 spiro atoms. The van der Waals surface area contributed by atoms with Gasteiger partial charge in [0.05, 0.1) is 8.07 Å². The SMILES string of the molecule is O=C(O)CCCCCCCCC[Si](CCCCCCCCCC(=O)O)(CCCCCCCCCC(=O)O)CCCCCCCCCC(=O)O. The maximum atomic E-state index is 10.8. The van der Waals surface area contributed by atoms with Gasteiger partial charge < -0.3 is 20.4 Å². The summed E-state index contributed by atoms with van der Waals surface area (Å²) < 4.78 is 0. The van der Waals surface area contributed by atoms with Crippen LogP contribution in [0, 0.1) is 0 Å². The van der Waals surface area contributed by atoms with Crippen molar-refractivity contribution in [3.05, 3.63) is 0 Å². The first-order chi connectivity index (χ1) is 23.7. The van der Waals surface area contributed by atoms with Crippen molar-refractivity contribution >= 4 is 32.0 Å². The first-order valence-electron chi connectivity index (χ1n) is 20.5. The third kappa shape index (κ3) is 35.7. The van der Waals surface area contributed by atoms with Crippen LogP contribution in [-0.4, -0.2) is 52.4 Å². The van der Waals surface area contributed by atoms with Gasteiger partial charge in [-0.05, 0) is 25.7 Å². The molecule has 4 N–H and O–H groups in total. The smallest absolute Gasteiger partial charge is 0.303 e. The highest BCUT2D eigenvalue weighted by Crippen LogP contribution is 2.35. The Bertz CT molecular complexity index is 685. The molecule has 0 heterocycles. The highest BCUT2D eigenvalue weighted by Gasteiger charge is 2.30. The Balaban J connectivity index is 4.96. The third-order valence-corrected chi connectivity index (χ3v) is 16.0. The fourth-order valence-electron chi connectivity index (χ4n) is 7.39.